The summed E-state index contributed by atoms with van der Waals surface area (Å²) in [5.41, 5.74) is 14.3. The molecule has 0 radical (unpaired) electrons. The van der Waals surface area contributed by atoms with Crippen molar-refractivity contribution in [3.05, 3.63) is 59.9 Å². The highest BCUT2D eigenvalue weighted by Crippen LogP contribution is 2.31. The van der Waals surface area contributed by atoms with Crippen LogP contribution in [-0.4, -0.2) is 72.7 Å². The van der Waals surface area contributed by atoms with Crippen LogP contribution < -0.4 is 21.1 Å². The molecule has 194 valence electrons. The van der Waals surface area contributed by atoms with Crippen molar-refractivity contribution in [3.8, 4) is 22.8 Å². The van der Waals surface area contributed by atoms with Crippen LogP contribution >= 0.6 is 12.4 Å². The van der Waals surface area contributed by atoms with E-state index in [1.807, 2.05) is 18.2 Å². The van der Waals surface area contributed by atoms with Crippen LogP contribution in [0.5, 0.6) is 11.5 Å². The second-order valence-electron chi connectivity index (χ2n) is 8.29. The van der Waals surface area contributed by atoms with Gasteiger partial charge in [-0.15, -0.1) is 22.6 Å². The van der Waals surface area contributed by atoms with Gasteiger partial charge < -0.3 is 30.9 Å². The van der Waals surface area contributed by atoms with Crippen LogP contribution in [0.2, 0.25) is 0 Å². The Bertz CT molecular complexity index is 1130. The number of halogens is 2. The van der Waals surface area contributed by atoms with E-state index in [4.69, 9.17) is 20.9 Å². The number of para-hydroxylation sites is 1. The van der Waals surface area contributed by atoms with Crippen LogP contribution in [0, 0.1) is 5.82 Å². The van der Waals surface area contributed by atoms with Gasteiger partial charge in [-0.2, -0.15) is 0 Å². The fraction of sp³-hybridized carbons (Fsp3) is 0.360. The fourth-order valence-electron chi connectivity index (χ4n) is 4.03. The highest BCUT2D eigenvalue weighted by molar-refractivity contribution is 5.85. The first kappa shape index (κ1) is 27.4. The van der Waals surface area contributed by atoms with Gasteiger partial charge in [0.25, 0.3) is 0 Å². The minimum absolute atomic E-state index is 0. The third-order valence-corrected chi connectivity index (χ3v) is 5.84. The Balaban J connectivity index is 0.00000361. The van der Waals surface area contributed by atoms with E-state index in [1.165, 1.54) is 6.07 Å². The molecule has 0 unspecified atom stereocenters. The molecule has 1 aliphatic heterocycles. The Kier molecular flexibility index (Phi) is 10.1. The highest BCUT2D eigenvalue weighted by Gasteiger charge is 2.21. The van der Waals surface area contributed by atoms with E-state index in [0.29, 0.717) is 43.4 Å². The summed E-state index contributed by atoms with van der Waals surface area (Å²) in [6, 6.07) is 13.9. The summed E-state index contributed by atoms with van der Waals surface area (Å²) in [7, 11) is 0. The number of piperazine rings is 1. The molecule has 1 aliphatic rings. The summed E-state index contributed by atoms with van der Waals surface area (Å²) in [5, 5.41) is 18.4. The van der Waals surface area contributed by atoms with Crippen molar-refractivity contribution < 1.29 is 19.0 Å². The molecule has 0 atom stereocenters. The van der Waals surface area contributed by atoms with Gasteiger partial charge in [-0.1, -0.05) is 18.2 Å². The first-order valence-corrected chi connectivity index (χ1v) is 11.6. The standard InChI is InChI=1S/C25H31FN6O3.ClH/c26-20-15-18(5-6-24(20)35-14-13-34-12-7-27)17-31-8-10-32(11-9-31)22-16-21(29-30-25(22)28)19-3-1-2-4-23(19)33;/h1-6,15-16,33H,7-14,17,27H2,(H2,28,30);1H. The summed E-state index contributed by atoms with van der Waals surface area (Å²) >= 11 is 0. The third kappa shape index (κ3) is 6.94. The zero-order valence-electron chi connectivity index (χ0n) is 20.0. The summed E-state index contributed by atoms with van der Waals surface area (Å²) in [6.07, 6.45) is 0. The molecule has 36 heavy (non-hydrogen) atoms. The Morgan fingerprint density at radius 2 is 1.75 bits per heavy atom. The molecule has 0 saturated carbocycles. The molecule has 0 bridgehead atoms. The average Bonchev–Trinajstić information content (AvgIpc) is 2.86. The lowest BCUT2D eigenvalue weighted by Gasteiger charge is -2.36. The quantitative estimate of drug-likeness (QED) is 0.347. The molecule has 0 spiro atoms. The number of aromatic hydroxyl groups is 1. The van der Waals surface area contributed by atoms with Gasteiger partial charge in [-0.3, -0.25) is 4.90 Å². The van der Waals surface area contributed by atoms with E-state index in [2.05, 4.69) is 20.0 Å². The zero-order chi connectivity index (χ0) is 24.6. The molecular weight excluding hydrogens is 487 g/mol. The van der Waals surface area contributed by atoms with Gasteiger partial charge in [0, 0.05) is 44.8 Å². The number of nitrogen functional groups attached to an aromatic ring is 1. The van der Waals surface area contributed by atoms with E-state index >= 15 is 0 Å². The fourth-order valence-corrected chi connectivity index (χ4v) is 4.03. The number of benzene rings is 2. The van der Waals surface area contributed by atoms with E-state index < -0.39 is 0 Å². The second-order valence-corrected chi connectivity index (χ2v) is 8.29. The molecule has 2 heterocycles. The summed E-state index contributed by atoms with van der Waals surface area (Å²) < 4.78 is 25.1. The summed E-state index contributed by atoms with van der Waals surface area (Å²) in [6.45, 7) is 5.23. The maximum Gasteiger partial charge on any atom is 0.169 e. The number of nitrogens with two attached hydrogens (primary N) is 2. The monoisotopic (exact) mass is 518 g/mol. The van der Waals surface area contributed by atoms with Crippen molar-refractivity contribution in [2.45, 2.75) is 6.54 Å². The van der Waals surface area contributed by atoms with E-state index in [0.717, 1.165) is 37.4 Å². The van der Waals surface area contributed by atoms with E-state index in [-0.39, 0.29) is 36.3 Å². The topological polar surface area (TPSA) is 123 Å². The molecule has 0 amide bonds. The Morgan fingerprint density at radius 3 is 2.47 bits per heavy atom. The molecule has 1 aromatic heterocycles. The summed E-state index contributed by atoms with van der Waals surface area (Å²) in [4.78, 5) is 4.43. The Morgan fingerprint density at radius 1 is 0.972 bits per heavy atom. The maximum atomic E-state index is 14.5. The number of anilines is 2. The number of hydrogen-bond acceptors (Lipinski definition) is 9. The molecule has 9 nitrogen and oxygen atoms in total. The Labute approximate surface area is 216 Å². The number of ether oxygens (including phenoxy) is 2. The van der Waals surface area contributed by atoms with Crippen molar-refractivity contribution in [1.82, 2.24) is 15.1 Å². The second kappa shape index (κ2) is 13.2. The van der Waals surface area contributed by atoms with Crippen LogP contribution in [0.1, 0.15) is 5.56 Å². The first-order valence-electron chi connectivity index (χ1n) is 11.6. The lowest BCUT2D eigenvalue weighted by Crippen LogP contribution is -2.46. The molecule has 1 saturated heterocycles. The van der Waals surface area contributed by atoms with Gasteiger partial charge >= 0.3 is 0 Å². The third-order valence-electron chi connectivity index (χ3n) is 5.84. The molecule has 5 N–H and O–H groups in total. The van der Waals surface area contributed by atoms with Gasteiger partial charge in [0.1, 0.15) is 12.4 Å². The van der Waals surface area contributed by atoms with Gasteiger partial charge in [0.05, 0.1) is 24.6 Å². The average molecular weight is 519 g/mol. The van der Waals surface area contributed by atoms with Crippen molar-refractivity contribution in [1.29, 1.82) is 0 Å². The van der Waals surface area contributed by atoms with Crippen LogP contribution in [0.4, 0.5) is 15.9 Å². The number of nitrogens with zero attached hydrogens (tertiary/aromatic N) is 4. The number of phenols is 1. The Hall–Kier alpha value is -3.18. The molecule has 3 aromatic rings. The minimum atomic E-state index is -0.382. The van der Waals surface area contributed by atoms with E-state index in [9.17, 15) is 9.50 Å². The normalized spacial score (nSPS) is 13.9. The van der Waals surface area contributed by atoms with Crippen molar-refractivity contribution in [2.24, 2.45) is 5.73 Å². The highest BCUT2D eigenvalue weighted by atomic mass is 35.5. The minimum Gasteiger partial charge on any atom is -0.507 e. The number of aromatic nitrogens is 2. The van der Waals surface area contributed by atoms with Gasteiger partial charge in [-0.05, 0) is 35.9 Å². The number of hydrogen-bond donors (Lipinski definition) is 3. The predicted molar refractivity (Wildman–Crippen MR) is 140 cm³/mol. The van der Waals surface area contributed by atoms with Gasteiger partial charge in [0.15, 0.2) is 17.4 Å². The van der Waals surface area contributed by atoms with Crippen LogP contribution in [0.3, 0.4) is 0 Å². The van der Waals surface area contributed by atoms with Crippen LogP contribution in [-0.2, 0) is 11.3 Å². The number of phenolic OH excluding ortho intramolecular Hbond substituents is 1. The molecule has 4 rings (SSSR count). The summed E-state index contributed by atoms with van der Waals surface area (Å²) in [5.74, 6) is 0.331. The molecule has 0 aliphatic carbocycles. The molecule has 2 aromatic carbocycles. The lowest BCUT2D eigenvalue weighted by atomic mass is 10.1. The number of rotatable bonds is 10. The van der Waals surface area contributed by atoms with Crippen LogP contribution in [0.15, 0.2) is 48.5 Å². The van der Waals surface area contributed by atoms with E-state index in [1.54, 1.807) is 24.3 Å². The van der Waals surface area contributed by atoms with Gasteiger partial charge in [-0.25, -0.2) is 4.39 Å². The SMILES string of the molecule is Cl.NCCOCCOc1ccc(CN2CCN(c3cc(-c4ccccc4O)nnc3N)CC2)cc1F. The van der Waals surface area contributed by atoms with Crippen molar-refractivity contribution >= 4 is 23.9 Å². The van der Waals surface area contributed by atoms with Crippen molar-refractivity contribution in [3.63, 3.8) is 0 Å². The zero-order valence-corrected chi connectivity index (χ0v) is 20.8. The molecule has 1 fully saturated rings. The van der Waals surface area contributed by atoms with Gasteiger partial charge in [0.2, 0.25) is 0 Å². The maximum absolute atomic E-state index is 14.5. The molecular formula is C25H32ClFN6O3. The predicted octanol–water partition coefficient (Wildman–Crippen LogP) is 2.67. The smallest absolute Gasteiger partial charge is 0.169 e. The van der Waals surface area contributed by atoms with Crippen molar-refractivity contribution in [2.75, 3.05) is 63.2 Å². The first-order chi connectivity index (χ1) is 17.0. The van der Waals surface area contributed by atoms with Crippen LogP contribution in [0.25, 0.3) is 11.3 Å². The molecule has 11 heteroatoms. The largest absolute Gasteiger partial charge is 0.507 e. The lowest BCUT2D eigenvalue weighted by molar-refractivity contribution is 0.104.